The molecule has 0 aromatic heterocycles. The number of anilines is 1. The van der Waals surface area contributed by atoms with Crippen LogP contribution in [-0.2, 0) is 19.2 Å². The van der Waals surface area contributed by atoms with E-state index in [1.807, 2.05) is 75.3 Å². The molecule has 9 nitrogen and oxygen atoms in total. The molecular formula is C31H29N2O7-. The zero-order valence-electron chi connectivity index (χ0n) is 23.0. The number of aryl methyl sites for hydroxylation is 2. The number of imide groups is 1. The molecule has 0 unspecified atom stereocenters. The van der Waals surface area contributed by atoms with Gasteiger partial charge in [-0.3, -0.25) is 9.59 Å². The van der Waals surface area contributed by atoms with Gasteiger partial charge >= 0.3 is 5.97 Å². The normalized spacial score (nSPS) is 13.5. The van der Waals surface area contributed by atoms with Crippen LogP contribution < -0.4 is 25.2 Å². The molecule has 2 amide bonds. The lowest BCUT2D eigenvalue weighted by Gasteiger charge is -2.25. The molecule has 2 aliphatic heterocycles. The summed E-state index contributed by atoms with van der Waals surface area (Å²) < 4.78 is 6.20. The van der Waals surface area contributed by atoms with Gasteiger partial charge in [-0.25, -0.2) is 4.79 Å². The Balaban J connectivity index is 0.000000283. The zero-order chi connectivity index (χ0) is 29.3. The molecule has 3 aromatic carbocycles. The predicted molar refractivity (Wildman–Crippen MR) is 147 cm³/mol. The Hall–Kier alpha value is -4.92. The molecule has 2 aliphatic rings. The smallest absolute Gasteiger partial charge is 0.330 e. The molecule has 206 valence electrons. The number of hydrogen-bond acceptors (Lipinski definition) is 8. The fourth-order valence-corrected chi connectivity index (χ4v) is 4.47. The molecule has 0 radical (unpaired) electrons. The van der Waals surface area contributed by atoms with Crippen LogP contribution in [0.3, 0.4) is 0 Å². The average Bonchev–Trinajstić information content (AvgIpc) is 3.20. The summed E-state index contributed by atoms with van der Waals surface area (Å²) in [4.78, 5) is 50.1. The average molecular weight is 542 g/mol. The number of aromatic carboxylic acids is 1. The number of fused-ring (bicyclic) bond motifs is 2. The molecule has 0 N–H and O–H groups in total. The van der Waals surface area contributed by atoms with Gasteiger partial charge < -0.3 is 24.4 Å². The zero-order valence-corrected chi connectivity index (χ0v) is 23.0. The van der Waals surface area contributed by atoms with Gasteiger partial charge in [0.2, 0.25) is 0 Å². The minimum absolute atomic E-state index is 0.131. The molecule has 9 heteroatoms. The molecule has 2 heterocycles. The highest BCUT2D eigenvalue weighted by Crippen LogP contribution is 2.39. The summed E-state index contributed by atoms with van der Waals surface area (Å²) in [6, 6.07) is 15.3. The minimum atomic E-state index is -1.19. The SMILES string of the molecule is C=c1ccc2c(c1)Oc1cc(N(C)C)ccc1C=2c1cc(C)c(C)cc1C(=O)[O-].CC(=O)ON1C(=O)CCC1=O. The van der Waals surface area contributed by atoms with Crippen molar-refractivity contribution in [2.45, 2.75) is 33.6 Å². The second-order valence-electron chi connectivity index (χ2n) is 9.82. The van der Waals surface area contributed by atoms with E-state index in [0.717, 1.165) is 45.3 Å². The molecule has 40 heavy (non-hydrogen) atoms. The number of carboxylic acids is 1. The molecule has 0 atom stereocenters. The van der Waals surface area contributed by atoms with Crippen LogP contribution in [0.4, 0.5) is 5.69 Å². The Morgan fingerprint density at radius 3 is 2.17 bits per heavy atom. The number of benzene rings is 3. The summed E-state index contributed by atoms with van der Waals surface area (Å²) >= 11 is 0. The molecule has 0 bridgehead atoms. The van der Waals surface area contributed by atoms with Gasteiger partial charge in [-0.1, -0.05) is 24.8 Å². The number of rotatable bonds is 4. The second-order valence-corrected chi connectivity index (χ2v) is 9.82. The molecular weight excluding hydrogens is 512 g/mol. The van der Waals surface area contributed by atoms with E-state index in [9.17, 15) is 24.3 Å². The fraction of sp³-hybridized carbons (Fsp3) is 0.226. The largest absolute Gasteiger partial charge is 0.545 e. The summed E-state index contributed by atoms with van der Waals surface area (Å²) in [6.07, 6.45) is 0.262. The third-order valence-corrected chi connectivity index (χ3v) is 6.63. The van der Waals surface area contributed by atoms with Crippen LogP contribution in [0.25, 0.3) is 12.2 Å². The number of carbonyl (C=O) groups excluding carboxylic acids is 4. The van der Waals surface area contributed by atoms with Crippen molar-refractivity contribution in [2.75, 3.05) is 19.0 Å². The van der Waals surface area contributed by atoms with E-state index in [2.05, 4.69) is 11.4 Å². The van der Waals surface area contributed by atoms with Crippen molar-refractivity contribution in [3.8, 4) is 11.5 Å². The van der Waals surface area contributed by atoms with Crippen molar-refractivity contribution >= 4 is 41.6 Å². The Morgan fingerprint density at radius 1 is 0.925 bits per heavy atom. The topological polar surface area (TPSA) is 116 Å². The highest BCUT2D eigenvalue weighted by atomic mass is 16.7. The van der Waals surface area contributed by atoms with Crippen molar-refractivity contribution in [3.05, 3.63) is 86.8 Å². The molecule has 0 saturated carbocycles. The van der Waals surface area contributed by atoms with E-state index in [-0.39, 0.29) is 18.4 Å². The first-order valence-corrected chi connectivity index (χ1v) is 12.6. The standard InChI is InChI=1S/C25H23NO3.C6H7NO4/c1-14-6-8-18-22(10-14)29-23-13-17(26(4)5)7-9-19(23)24(18)20-11-15(2)16(3)12-21(20)25(27)28;1-4(8)11-7-5(9)2-3-6(7)10/h6-13H,1H2,2-5H3,(H,27,28);2-3H2,1H3/p-1. The van der Waals surface area contributed by atoms with E-state index in [4.69, 9.17) is 4.74 Å². The van der Waals surface area contributed by atoms with Crippen LogP contribution in [0.2, 0.25) is 0 Å². The van der Waals surface area contributed by atoms with Gasteiger partial charge in [0.25, 0.3) is 11.8 Å². The summed E-state index contributed by atoms with van der Waals surface area (Å²) in [5, 5.41) is 14.2. The number of carbonyl (C=O) groups is 4. The van der Waals surface area contributed by atoms with Crippen LogP contribution >= 0.6 is 0 Å². The molecule has 1 saturated heterocycles. The Labute approximate surface area is 231 Å². The lowest BCUT2D eigenvalue weighted by atomic mass is 9.87. The summed E-state index contributed by atoms with van der Waals surface area (Å²) in [5.74, 6) is -1.40. The van der Waals surface area contributed by atoms with Gasteiger partial charge in [-0.15, -0.1) is 5.06 Å². The lowest BCUT2D eigenvalue weighted by molar-refractivity contribution is -0.255. The first-order valence-electron chi connectivity index (χ1n) is 12.6. The molecule has 1 fully saturated rings. The van der Waals surface area contributed by atoms with E-state index >= 15 is 0 Å². The lowest BCUT2D eigenvalue weighted by Crippen LogP contribution is -2.30. The third-order valence-electron chi connectivity index (χ3n) is 6.63. The van der Waals surface area contributed by atoms with Gasteiger partial charge in [0.05, 0.1) is 5.97 Å². The van der Waals surface area contributed by atoms with Crippen LogP contribution in [0.5, 0.6) is 11.5 Å². The van der Waals surface area contributed by atoms with E-state index in [1.165, 1.54) is 0 Å². The maximum absolute atomic E-state index is 12.0. The van der Waals surface area contributed by atoms with E-state index in [0.29, 0.717) is 22.1 Å². The highest BCUT2D eigenvalue weighted by molar-refractivity contribution is 6.01. The van der Waals surface area contributed by atoms with Gasteiger partial charge in [0.1, 0.15) is 11.5 Å². The Kier molecular flexibility index (Phi) is 7.77. The van der Waals surface area contributed by atoms with Crippen LogP contribution in [0.1, 0.15) is 52.4 Å². The molecule has 0 spiro atoms. The van der Waals surface area contributed by atoms with Crippen molar-refractivity contribution in [1.29, 1.82) is 0 Å². The van der Waals surface area contributed by atoms with Crippen LogP contribution in [0, 0.1) is 13.8 Å². The summed E-state index contributed by atoms with van der Waals surface area (Å²) in [6.45, 7) is 9.02. The number of hydroxylamine groups is 2. The maximum Gasteiger partial charge on any atom is 0.330 e. The van der Waals surface area contributed by atoms with Gasteiger partial charge in [0.15, 0.2) is 0 Å². The fourth-order valence-electron chi connectivity index (χ4n) is 4.47. The van der Waals surface area contributed by atoms with Crippen LogP contribution in [0.15, 0.2) is 48.5 Å². The van der Waals surface area contributed by atoms with Gasteiger partial charge in [-0.05, 0) is 60.0 Å². The maximum atomic E-state index is 12.0. The van der Waals surface area contributed by atoms with E-state index < -0.39 is 23.8 Å². The molecule has 0 aliphatic carbocycles. The predicted octanol–water partition coefficient (Wildman–Crippen LogP) is 2.11. The molecule has 5 rings (SSSR count). The first kappa shape index (κ1) is 28.1. The van der Waals surface area contributed by atoms with Gasteiger partial charge in [-0.2, -0.15) is 0 Å². The second kappa shape index (κ2) is 11.1. The number of nitrogens with zero attached hydrogens (tertiary/aromatic N) is 2. The van der Waals surface area contributed by atoms with E-state index in [1.54, 1.807) is 6.07 Å². The Morgan fingerprint density at radius 2 is 1.57 bits per heavy atom. The number of hydrogen-bond donors (Lipinski definition) is 0. The van der Waals surface area contributed by atoms with Crippen LogP contribution in [-0.4, -0.2) is 42.9 Å². The van der Waals surface area contributed by atoms with Crippen molar-refractivity contribution in [3.63, 3.8) is 0 Å². The molecule has 3 aromatic rings. The Bertz CT molecular complexity index is 1660. The summed E-state index contributed by atoms with van der Waals surface area (Å²) in [7, 11) is 3.93. The van der Waals surface area contributed by atoms with Gasteiger partial charge in [0, 0.05) is 67.5 Å². The van der Waals surface area contributed by atoms with Crippen molar-refractivity contribution < 1.29 is 33.9 Å². The number of amides is 2. The summed E-state index contributed by atoms with van der Waals surface area (Å²) in [5.41, 5.74) is 5.42. The first-order chi connectivity index (χ1) is 18.9. The monoisotopic (exact) mass is 541 g/mol. The minimum Gasteiger partial charge on any atom is -0.545 e. The van der Waals surface area contributed by atoms with Crippen molar-refractivity contribution in [2.24, 2.45) is 0 Å². The number of carboxylic acid groups (broad SMARTS) is 1. The van der Waals surface area contributed by atoms with Crippen molar-refractivity contribution in [1.82, 2.24) is 5.06 Å². The quantitative estimate of drug-likeness (QED) is 0.361. The number of ether oxygens (including phenoxy) is 1. The third kappa shape index (κ3) is 5.58. The highest BCUT2D eigenvalue weighted by Gasteiger charge is 2.31.